The van der Waals surface area contributed by atoms with Gasteiger partial charge in [-0.2, -0.15) is 4.72 Å². The smallest absolute Gasteiger partial charge is 0.241 e. The van der Waals surface area contributed by atoms with Crippen molar-refractivity contribution in [1.82, 2.24) is 4.72 Å². The zero-order chi connectivity index (χ0) is 18.6. The summed E-state index contributed by atoms with van der Waals surface area (Å²) in [6, 6.07) is 12.7. The molecule has 25 heavy (non-hydrogen) atoms. The van der Waals surface area contributed by atoms with E-state index in [4.69, 9.17) is 17.3 Å². The van der Waals surface area contributed by atoms with E-state index in [0.29, 0.717) is 11.4 Å². The van der Waals surface area contributed by atoms with Gasteiger partial charge >= 0.3 is 0 Å². The van der Waals surface area contributed by atoms with Gasteiger partial charge in [0.2, 0.25) is 15.9 Å². The summed E-state index contributed by atoms with van der Waals surface area (Å²) in [5.41, 5.74) is 7.13. The number of carbonyl (C=O) groups is 1. The number of hydrogen-bond donors (Lipinski definition) is 2. The lowest BCUT2D eigenvalue weighted by Gasteiger charge is -2.21. The summed E-state index contributed by atoms with van der Waals surface area (Å²) in [6.07, 6.45) is 0.631. The normalized spacial score (nSPS) is 14.0. The number of primary amides is 1. The minimum atomic E-state index is -3.84. The van der Waals surface area contributed by atoms with Crippen molar-refractivity contribution >= 4 is 27.5 Å². The minimum Gasteiger partial charge on any atom is -0.368 e. The monoisotopic (exact) mass is 380 g/mol. The maximum absolute atomic E-state index is 12.5. The first-order chi connectivity index (χ1) is 11.7. The average Bonchev–Trinajstić information content (AvgIpc) is 2.59. The third kappa shape index (κ3) is 4.81. The van der Waals surface area contributed by atoms with E-state index in [1.807, 2.05) is 19.1 Å². The molecule has 134 valence electrons. The molecular formula is C18H21ClN2O3S. The number of nitrogens with two attached hydrogens (primary N) is 1. The van der Waals surface area contributed by atoms with Gasteiger partial charge in [0.15, 0.2) is 0 Å². The Kier molecular flexibility index (Phi) is 6.21. The maximum Gasteiger partial charge on any atom is 0.241 e. The molecule has 0 heterocycles. The molecule has 2 atom stereocenters. The molecule has 5 nitrogen and oxygen atoms in total. The SMILES string of the molecule is CC[C@H](C)[C@H](NS(=O)(=O)c1ccc(-c2ccc(Cl)cc2)cc1)C(N)=O. The van der Waals surface area contributed by atoms with Gasteiger partial charge in [-0.15, -0.1) is 0 Å². The summed E-state index contributed by atoms with van der Waals surface area (Å²) in [7, 11) is -3.84. The second-order valence-electron chi connectivity index (χ2n) is 5.92. The van der Waals surface area contributed by atoms with Gasteiger partial charge in [-0.1, -0.05) is 56.1 Å². The molecule has 2 aromatic carbocycles. The summed E-state index contributed by atoms with van der Waals surface area (Å²) in [5, 5.41) is 0.634. The van der Waals surface area contributed by atoms with Crippen LogP contribution in [0.25, 0.3) is 11.1 Å². The number of hydrogen-bond acceptors (Lipinski definition) is 3. The lowest BCUT2D eigenvalue weighted by molar-refractivity contribution is -0.120. The summed E-state index contributed by atoms with van der Waals surface area (Å²) >= 11 is 5.87. The standard InChI is InChI=1S/C18H21ClN2O3S/c1-3-12(2)17(18(20)22)21-25(23,24)16-10-6-14(7-11-16)13-4-8-15(19)9-5-13/h4-12,17,21H,3H2,1-2H3,(H2,20,22)/t12-,17-/m0/s1. The Morgan fingerprint density at radius 1 is 1.08 bits per heavy atom. The van der Waals surface area contributed by atoms with E-state index < -0.39 is 22.0 Å². The zero-order valence-electron chi connectivity index (χ0n) is 14.1. The number of sulfonamides is 1. The van der Waals surface area contributed by atoms with Gasteiger partial charge < -0.3 is 5.73 Å². The predicted octanol–water partition coefficient (Wildman–Crippen LogP) is 3.19. The lowest BCUT2D eigenvalue weighted by Crippen LogP contribution is -2.48. The average molecular weight is 381 g/mol. The molecule has 0 unspecified atom stereocenters. The van der Waals surface area contributed by atoms with E-state index >= 15 is 0 Å². The molecule has 0 aromatic heterocycles. The first-order valence-corrected chi connectivity index (χ1v) is 9.78. The zero-order valence-corrected chi connectivity index (χ0v) is 15.6. The van der Waals surface area contributed by atoms with Crippen molar-refractivity contribution in [3.63, 3.8) is 0 Å². The van der Waals surface area contributed by atoms with Gasteiger partial charge in [0.1, 0.15) is 6.04 Å². The largest absolute Gasteiger partial charge is 0.368 e. The molecular weight excluding hydrogens is 360 g/mol. The van der Waals surface area contributed by atoms with E-state index in [2.05, 4.69) is 4.72 Å². The molecule has 0 aliphatic heterocycles. The summed E-state index contributed by atoms with van der Waals surface area (Å²) < 4.78 is 27.5. The van der Waals surface area contributed by atoms with E-state index in [1.54, 1.807) is 31.2 Å². The van der Waals surface area contributed by atoms with E-state index in [-0.39, 0.29) is 10.8 Å². The van der Waals surface area contributed by atoms with Crippen LogP contribution in [0, 0.1) is 5.92 Å². The molecule has 0 aliphatic rings. The fraction of sp³-hybridized carbons (Fsp3) is 0.278. The molecule has 0 saturated heterocycles. The van der Waals surface area contributed by atoms with Crippen molar-refractivity contribution in [3.05, 3.63) is 53.6 Å². The maximum atomic E-state index is 12.5. The number of rotatable bonds is 7. The van der Waals surface area contributed by atoms with Crippen molar-refractivity contribution in [1.29, 1.82) is 0 Å². The van der Waals surface area contributed by atoms with Crippen LogP contribution >= 0.6 is 11.6 Å². The Morgan fingerprint density at radius 2 is 1.56 bits per heavy atom. The summed E-state index contributed by atoms with van der Waals surface area (Å²) in [4.78, 5) is 11.6. The Labute approximate surface area is 153 Å². The van der Waals surface area contributed by atoms with Crippen molar-refractivity contribution < 1.29 is 13.2 Å². The van der Waals surface area contributed by atoms with Crippen LogP contribution in [0.5, 0.6) is 0 Å². The minimum absolute atomic E-state index is 0.0831. The molecule has 0 bridgehead atoms. The van der Waals surface area contributed by atoms with E-state index in [0.717, 1.165) is 11.1 Å². The van der Waals surface area contributed by atoms with E-state index in [1.165, 1.54) is 12.1 Å². The molecule has 0 spiro atoms. The second-order valence-corrected chi connectivity index (χ2v) is 8.07. The number of halogens is 1. The van der Waals surface area contributed by atoms with Gasteiger partial charge in [-0.3, -0.25) is 4.79 Å². The fourth-order valence-electron chi connectivity index (χ4n) is 2.39. The van der Waals surface area contributed by atoms with Gasteiger partial charge in [0.25, 0.3) is 0 Å². The number of nitrogens with one attached hydrogen (secondary N) is 1. The fourth-order valence-corrected chi connectivity index (χ4v) is 3.83. The highest BCUT2D eigenvalue weighted by molar-refractivity contribution is 7.89. The molecule has 2 rings (SSSR count). The van der Waals surface area contributed by atoms with Gasteiger partial charge in [-0.05, 0) is 41.3 Å². The molecule has 0 aliphatic carbocycles. The van der Waals surface area contributed by atoms with Crippen molar-refractivity contribution in [2.45, 2.75) is 31.2 Å². The Hall–Kier alpha value is -1.89. The first-order valence-electron chi connectivity index (χ1n) is 7.92. The Morgan fingerprint density at radius 3 is 2.00 bits per heavy atom. The number of benzene rings is 2. The van der Waals surface area contributed by atoms with Crippen LogP contribution in [-0.4, -0.2) is 20.4 Å². The van der Waals surface area contributed by atoms with Crippen LogP contribution < -0.4 is 10.5 Å². The quantitative estimate of drug-likeness (QED) is 0.772. The Balaban J connectivity index is 2.25. The highest BCUT2D eigenvalue weighted by atomic mass is 35.5. The van der Waals surface area contributed by atoms with Crippen LogP contribution in [0.1, 0.15) is 20.3 Å². The predicted molar refractivity (Wildman–Crippen MR) is 99.6 cm³/mol. The molecule has 0 saturated carbocycles. The topological polar surface area (TPSA) is 89.3 Å². The van der Waals surface area contributed by atoms with Gasteiger partial charge in [0, 0.05) is 5.02 Å². The number of carbonyl (C=O) groups excluding carboxylic acids is 1. The highest BCUT2D eigenvalue weighted by Gasteiger charge is 2.27. The van der Waals surface area contributed by atoms with Crippen molar-refractivity contribution in [2.75, 3.05) is 0 Å². The van der Waals surface area contributed by atoms with Crippen LogP contribution in [0.4, 0.5) is 0 Å². The van der Waals surface area contributed by atoms with Crippen LogP contribution in [0.3, 0.4) is 0 Å². The van der Waals surface area contributed by atoms with Crippen LogP contribution in [-0.2, 0) is 14.8 Å². The highest BCUT2D eigenvalue weighted by Crippen LogP contribution is 2.23. The van der Waals surface area contributed by atoms with Gasteiger partial charge in [-0.25, -0.2) is 8.42 Å². The number of amides is 1. The third-order valence-corrected chi connectivity index (χ3v) is 5.85. The molecule has 2 aromatic rings. The van der Waals surface area contributed by atoms with Crippen molar-refractivity contribution in [2.24, 2.45) is 11.7 Å². The van der Waals surface area contributed by atoms with Gasteiger partial charge in [0.05, 0.1) is 4.90 Å². The second kappa shape index (κ2) is 7.99. The van der Waals surface area contributed by atoms with Crippen LogP contribution in [0.15, 0.2) is 53.4 Å². The lowest BCUT2D eigenvalue weighted by atomic mass is 10.00. The molecule has 1 amide bonds. The summed E-state index contributed by atoms with van der Waals surface area (Å²) in [6.45, 7) is 3.65. The molecule has 0 radical (unpaired) electrons. The Bertz CT molecular complexity index is 834. The van der Waals surface area contributed by atoms with E-state index in [9.17, 15) is 13.2 Å². The molecule has 0 fully saturated rings. The molecule has 3 N–H and O–H groups in total. The van der Waals surface area contributed by atoms with Crippen LogP contribution in [0.2, 0.25) is 5.02 Å². The first kappa shape index (κ1) is 19.4. The molecule has 7 heteroatoms. The third-order valence-electron chi connectivity index (χ3n) is 4.14. The van der Waals surface area contributed by atoms with Crippen molar-refractivity contribution in [3.8, 4) is 11.1 Å². The summed E-state index contributed by atoms with van der Waals surface area (Å²) in [5.74, 6) is -0.878.